The number of rotatable bonds is 4. The van der Waals surface area contributed by atoms with E-state index in [1.165, 1.54) is 11.7 Å². The molecule has 1 aromatic heterocycles. The highest BCUT2D eigenvalue weighted by Gasteiger charge is 2.39. The topological polar surface area (TPSA) is 104 Å². The number of carboxylic acids is 1. The zero-order chi connectivity index (χ0) is 21.2. The smallest absolute Gasteiger partial charge is 0.345 e. The number of fused-ring (bicyclic) bond motifs is 2. The number of piperidine rings is 1. The summed E-state index contributed by atoms with van der Waals surface area (Å²) in [7, 11) is 1.41. The van der Waals surface area contributed by atoms with Crippen molar-refractivity contribution in [3.05, 3.63) is 27.8 Å². The van der Waals surface area contributed by atoms with Crippen molar-refractivity contribution in [1.82, 2.24) is 9.88 Å². The lowest BCUT2D eigenvalue weighted by molar-refractivity contribution is 0.0691. The van der Waals surface area contributed by atoms with E-state index in [0.717, 1.165) is 25.5 Å². The van der Waals surface area contributed by atoms with Crippen molar-refractivity contribution < 1.29 is 24.1 Å². The molecule has 0 bridgehead atoms. The van der Waals surface area contributed by atoms with Gasteiger partial charge in [-0.05, 0) is 44.2 Å². The van der Waals surface area contributed by atoms with Crippen molar-refractivity contribution in [3.8, 4) is 11.5 Å². The van der Waals surface area contributed by atoms with Crippen molar-refractivity contribution in [2.45, 2.75) is 37.8 Å². The lowest BCUT2D eigenvalue weighted by Gasteiger charge is -2.25. The summed E-state index contributed by atoms with van der Waals surface area (Å²) in [5.41, 5.74) is -1.01. The minimum Gasteiger partial charge on any atom is -0.506 e. The van der Waals surface area contributed by atoms with Crippen LogP contribution in [0.4, 0.5) is 10.1 Å². The van der Waals surface area contributed by atoms with E-state index in [4.69, 9.17) is 4.74 Å². The lowest BCUT2D eigenvalue weighted by atomic mass is 9.94. The number of carboxylic acid groups (broad SMARTS) is 1. The number of ether oxygens (including phenoxy) is 1. The molecule has 2 atom stereocenters. The number of nitrogens with one attached hydrogen (secondary N) is 1. The molecule has 1 aromatic carbocycles. The van der Waals surface area contributed by atoms with Crippen LogP contribution in [0.5, 0.6) is 11.5 Å². The summed E-state index contributed by atoms with van der Waals surface area (Å²) in [5.74, 6) is -2.29. The number of hydrogen-bond donors (Lipinski definition) is 3. The molecule has 0 radical (unpaired) electrons. The standard InChI is InChI=1S/C21H24FN3O5/c1-30-19-16-12(18(26)15(21(28)29)20(27)25(16)11-4-5-11)7-13(22)17(19)24-8-10-3-2-6-23-14(10)9-24/h7,10-11,14,23,26H,2-6,8-9H2,1H3,(H,28,29)/t10-,14+/m0/s1. The first-order valence-electron chi connectivity index (χ1n) is 10.3. The van der Waals surface area contributed by atoms with Crippen LogP contribution in [-0.2, 0) is 0 Å². The molecule has 0 amide bonds. The van der Waals surface area contributed by atoms with Gasteiger partial charge in [-0.3, -0.25) is 4.79 Å². The maximum atomic E-state index is 15.4. The first-order valence-corrected chi connectivity index (χ1v) is 10.3. The molecule has 3 aliphatic rings. The van der Waals surface area contributed by atoms with E-state index < -0.39 is 28.7 Å². The highest BCUT2D eigenvalue weighted by Crippen LogP contribution is 2.47. The normalized spacial score (nSPS) is 23.6. The number of pyridine rings is 1. The fourth-order valence-electron chi connectivity index (χ4n) is 5.08. The molecule has 160 valence electrons. The molecule has 0 unspecified atom stereocenters. The predicted octanol–water partition coefficient (Wildman–Crippen LogP) is 2.08. The van der Waals surface area contributed by atoms with Crippen molar-refractivity contribution in [1.29, 1.82) is 0 Å². The number of benzene rings is 1. The fraction of sp³-hybridized carbons (Fsp3) is 0.524. The number of aromatic hydroxyl groups is 1. The van der Waals surface area contributed by atoms with Crippen LogP contribution in [0.15, 0.2) is 10.9 Å². The van der Waals surface area contributed by atoms with Gasteiger partial charge < -0.3 is 29.7 Å². The third-order valence-corrected chi connectivity index (χ3v) is 6.59. The van der Waals surface area contributed by atoms with Gasteiger partial charge in [0.15, 0.2) is 17.1 Å². The van der Waals surface area contributed by atoms with Crippen molar-refractivity contribution in [3.63, 3.8) is 0 Å². The zero-order valence-electron chi connectivity index (χ0n) is 16.7. The molecular formula is C21H24FN3O5. The predicted molar refractivity (Wildman–Crippen MR) is 108 cm³/mol. The van der Waals surface area contributed by atoms with Crippen LogP contribution in [0.1, 0.15) is 42.1 Å². The Bertz CT molecular complexity index is 1100. The summed E-state index contributed by atoms with van der Waals surface area (Å²) in [5, 5.41) is 23.5. The Hall–Kier alpha value is -2.81. The van der Waals surface area contributed by atoms with Crippen LogP contribution in [0, 0.1) is 11.7 Å². The van der Waals surface area contributed by atoms with E-state index in [2.05, 4.69) is 5.32 Å². The summed E-state index contributed by atoms with van der Waals surface area (Å²) in [6.07, 6.45) is 3.58. The number of anilines is 1. The maximum Gasteiger partial charge on any atom is 0.345 e. The van der Waals surface area contributed by atoms with Gasteiger partial charge in [0.1, 0.15) is 17.0 Å². The molecule has 3 heterocycles. The summed E-state index contributed by atoms with van der Waals surface area (Å²) in [4.78, 5) is 26.5. The molecule has 3 fully saturated rings. The fourth-order valence-corrected chi connectivity index (χ4v) is 5.08. The molecule has 3 N–H and O–H groups in total. The number of aromatic carboxylic acids is 1. The van der Waals surface area contributed by atoms with Gasteiger partial charge in [0, 0.05) is 30.6 Å². The molecule has 1 saturated carbocycles. The highest BCUT2D eigenvalue weighted by atomic mass is 19.1. The molecule has 9 heteroatoms. The maximum absolute atomic E-state index is 15.4. The summed E-state index contributed by atoms with van der Waals surface area (Å²) < 4.78 is 22.3. The molecule has 30 heavy (non-hydrogen) atoms. The average molecular weight is 417 g/mol. The molecule has 0 spiro atoms. The summed E-state index contributed by atoms with van der Waals surface area (Å²) in [6, 6.07) is 1.21. The van der Waals surface area contributed by atoms with E-state index >= 15 is 4.39 Å². The van der Waals surface area contributed by atoms with Crippen LogP contribution in [-0.4, -0.2) is 53.5 Å². The van der Waals surface area contributed by atoms with Gasteiger partial charge in [0.05, 0.1) is 7.11 Å². The Labute approximate surface area is 171 Å². The number of halogens is 1. The van der Waals surface area contributed by atoms with E-state index in [0.29, 0.717) is 31.8 Å². The van der Waals surface area contributed by atoms with E-state index in [9.17, 15) is 19.8 Å². The molecular weight excluding hydrogens is 393 g/mol. The highest BCUT2D eigenvalue weighted by molar-refractivity contribution is 6.02. The average Bonchev–Trinajstić information content (AvgIpc) is 3.45. The van der Waals surface area contributed by atoms with Gasteiger partial charge in [0.25, 0.3) is 5.56 Å². The number of carbonyl (C=O) groups is 1. The van der Waals surface area contributed by atoms with E-state index in [1.807, 2.05) is 4.90 Å². The van der Waals surface area contributed by atoms with Gasteiger partial charge in [-0.1, -0.05) is 0 Å². The quantitative estimate of drug-likeness (QED) is 0.700. The molecule has 1 aliphatic carbocycles. The number of hydrogen-bond acceptors (Lipinski definition) is 6. The van der Waals surface area contributed by atoms with E-state index in [1.54, 1.807) is 0 Å². The van der Waals surface area contributed by atoms with Gasteiger partial charge in [-0.15, -0.1) is 0 Å². The third-order valence-electron chi connectivity index (χ3n) is 6.59. The first-order chi connectivity index (χ1) is 14.4. The van der Waals surface area contributed by atoms with Gasteiger partial charge in [-0.25, -0.2) is 9.18 Å². The first kappa shape index (κ1) is 19.2. The molecule has 8 nitrogen and oxygen atoms in total. The van der Waals surface area contributed by atoms with Crippen molar-refractivity contribution >= 4 is 22.6 Å². The molecule has 2 aliphatic heterocycles. The number of methoxy groups -OCH3 is 1. The van der Waals surface area contributed by atoms with Crippen LogP contribution < -0.4 is 20.5 Å². The minimum absolute atomic E-state index is 0.0215. The van der Waals surface area contributed by atoms with Crippen molar-refractivity contribution in [2.24, 2.45) is 5.92 Å². The molecule has 5 rings (SSSR count). The second-order valence-electron chi connectivity index (χ2n) is 8.44. The van der Waals surface area contributed by atoms with Crippen LogP contribution in [0.25, 0.3) is 10.9 Å². The Morgan fingerprint density at radius 3 is 2.70 bits per heavy atom. The number of nitrogens with zero attached hydrogens (tertiary/aromatic N) is 2. The van der Waals surface area contributed by atoms with E-state index in [-0.39, 0.29) is 34.4 Å². The van der Waals surface area contributed by atoms with Crippen LogP contribution in [0.2, 0.25) is 0 Å². The Balaban J connectivity index is 1.77. The van der Waals surface area contributed by atoms with Crippen LogP contribution in [0.3, 0.4) is 0 Å². The van der Waals surface area contributed by atoms with Crippen LogP contribution >= 0.6 is 0 Å². The SMILES string of the molecule is COc1c(N2C[C@@H]3CCCN[C@@H]3C2)c(F)cc2c(O)c(C(=O)O)c(=O)n(C3CC3)c12. The van der Waals surface area contributed by atoms with Gasteiger partial charge in [0.2, 0.25) is 0 Å². The Kier molecular flexibility index (Phi) is 4.39. The Morgan fingerprint density at radius 2 is 2.07 bits per heavy atom. The van der Waals surface area contributed by atoms with Crippen molar-refractivity contribution in [2.75, 3.05) is 31.6 Å². The molecule has 2 aromatic rings. The summed E-state index contributed by atoms with van der Waals surface area (Å²) in [6.45, 7) is 2.24. The zero-order valence-corrected chi connectivity index (χ0v) is 16.7. The minimum atomic E-state index is -1.54. The number of aromatic nitrogens is 1. The largest absolute Gasteiger partial charge is 0.506 e. The van der Waals surface area contributed by atoms with Gasteiger partial charge >= 0.3 is 5.97 Å². The summed E-state index contributed by atoms with van der Waals surface area (Å²) >= 11 is 0. The Morgan fingerprint density at radius 1 is 1.30 bits per heavy atom. The second-order valence-corrected chi connectivity index (χ2v) is 8.44. The second kappa shape index (κ2) is 6.87. The lowest BCUT2D eigenvalue weighted by Crippen LogP contribution is -2.40. The third kappa shape index (κ3) is 2.75. The van der Waals surface area contributed by atoms with Gasteiger partial charge in [-0.2, -0.15) is 0 Å². The monoisotopic (exact) mass is 417 g/mol. The molecule has 2 saturated heterocycles.